The summed E-state index contributed by atoms with van der Waals surface area (Å²) in [5.74, 6) is 1.22. The molecule has 0 atom stereocenters. The van der Waals surface area contributed by atoms with E-state index in [1.54, 1.807) is 36.7 Å². The Morgan fingerprint density at radius 3 is 2.82 bits per heavy atom. The van der Waals surface area contributed by atoms with Crippen molar-refractivity contribution in [1.29, 1.82) is 0 Å². The van der Waals surface area contributed by atoms with Crippen molar-refractivity contribution in [3.63, 3.8) is 0 Å². The van der Waals surface area contributed by atoms with E-state index in [4.69, 9.17) is 16.3 Å². The number of nitrogens with one attached hydrogen (secondary N) is 1. The maximum Gasteiger partial charge on any atom is 0.237 e. The minimum atomic E-state index is -0.0933. The number of hydrogen-bond donors (Lipinski definition) is 1. The van der Waals surface area contributed by atoms with Gasteiger partial charge in [-0.1, -0.05) is 17.7 Å². The Morgan fingerprint density at radius 2 is 2.04 bits per heavy atom. The first kappa shape index (κ1) is 18.5. The summed E-state index contributed by atoms with van der Waals surface area (Å²) in [6.45, 7) is 0. The van der Waals surface area contributed by atoms with Crippen LogP contribution in [0.3, 0.4) is 0 Å². The third kappa shape index (κ3) is 4.68. The Bertz CT molecular complexity index is 1030. The minimum absolute atomic E-state index is 0.0933. The van der Waals surface area contributed by atoms with E-state index in [-0.39, 0.29) is 5.91 Å². The van der Waals surface area contributed by atoms with Gasteiger partial charge in [0.15, 0.2) is 0 Å². The summed E-state index contributed by atoms with van der Waals surface area (Å²) in [6.07, 6.45) is 5.40. The van der Waals surface area contributed by atoms with Gasteiger partial charge >= 0.3 is 0 Å². The average Bonchev–Trinajstić information content (AvgIpc) is 3.11. The van der Waals surface area contributed by atoms with Gasteiger partial charge < -0.3 is 10.1 Å². The summed E-state index contributed by atoms with van der Waals surface area (Å²) >= 11 is 7.42. The van der Waals surface area contributed by atoms with Crippen molar-refractivity contribution >= 4 is 45.7 Å². The molecule has 8 heteroatoms. The second-order valence-electron chi connectivity index (χ2n) is 5.96. The number of aliphatic imine (C=N–C) groups is 1. The highest BCUT2D eigenvalue weighted by Crippen LogP contribution is 2.32. The second-order valence-corrected chi connectivity index (χ2v) is 7.45. The molecule has 0 saturated heterocycles. The SMILES string of the molecule is O=C(CSC1=Nc2cc(Cl)ccc2C1)Nc1ccc(Oc2cnccn2)cc1. The third-order valence-electron chi connectivity index (χ3n) is 3.90. The molecule has 28 heavy (non-hydrogen) atoms. The lowest BCUT2D eigenvalue weighted by molar-refractivity contribution is -0.113. The Labute approximate surface area is 171 Å². The van der Waals surface area contributed by atoms with Crippen molar-refractivity contribution in [3.8, 4) is 11.6 Å². The van der Waals surface area contributed by atoms with E-state index in [1.165, 1.54) is 18.0 Å². The van der Waals surface area contributed by atoms with Gasteiger partial charge in [-0.3, -0.25) is 9.78 Å². The normalized spacial score (nSPS) is 12.2. The highest BCUT2D eigenvalue weighted by atomic mass is 35.5. The number of thioether (sulfide) groups is 1. The van der Waals surface area contributed by atoms with Gasteiger partial charge in [-0.05, 0) is 42.0 Å². The molecule has 4 rings (SSSR count). The highest BCUT2D eigenvalue weighted by molar-refractivity contribution is 8.14. The zero-order chi connectivity index (χ0) is 19.3. The maximum absolute atomic E-state index is 12.2. The van der Waals surface area contributed by atoms with Crippen molar-refractivity contribution in [2.75, 3.05) is 11.1 Å². The Hall–Kier alpha value is -2.90. The van der Waals surface area contributed by atoms with Crippen molar-refractivity contribution < 1.29 is 9.53 Å². The number of ether oxygens (including phenoxy) is 1. The van der Waals surface area contributed by atoms with Crippen LogP contribution < -0.4 is 10.1 Å². The van der Waals surface area contributed by atoms with E-state index in [1.807, 2.05) is 18.2 Å². The molecule has 2 heterocycles. The van der Waals surface area contributed by atoms with Crippen molar-refractivity contribution in [2.24, 2.45) is 4.99 Å². The molecule has 1 aliphatic heterocycles. The zero-order valence-corrected chi connectivity index (χ0v) is 16.2. The lowest BCUT2D eigenvalue weighted by Crippen LogP contribution is -2.15. The molecule has 0 saturated carbocycles. The van der Waals surface area contributed by atoms with Crippen molar-refractivity contribution in [1.82, 2.24) is 9.97 Å². The Balaban J connectivity index is 1.28. The number of benzene rings is 2. The maximum atomic E-state index is 12.2. The molecule has 2 aromatic carbocycles. The largest absolute Gasteiger partial charge is 0.438 e. The predicted octanol–water partition coefficient (Wildman–Crippen LogP) is 4.88. The number of aromatic nitrogens is 2. The van der Waals surface area contributed by atoms with Crippen LogP contribution in [0.4, 0.5) is 11.4 Å². The molecule has 0 spiro atoms. The summed E-state index contributed by atoms with van der Waals surface area (Å²) in [4.78, 5) is 24.7. The quantitative estimate of drug-likeness (QED) is 0.648. The van der Waals surface area contributed by atoms with Crippen LogP contribution in [0.15, 0.2) is 66.0 Å². The van der Waals surface area contributed by atoms with Crippen LogP contribution in [0.1, 0.15) is 5.56 Å². The summed E-state index contributed by atoms with van der Waals surface area (Å²) in [5.41, 5.74) is 2.71. The molecule has 140 valence electrons. The molecule has 0 fully saturated rings. The number of carbonyl (C=O) groups excluding carboxylic acids is 1. The molecule has 0 aliphatic carbocycles. The molecule has 1 N–H and O–H groups in total. The lowest BCUT2D eigenvalue weighted by atomic mass is 10.2. The fourth-order valence-electron chi connectivity index (χ4n) is 2.62. The molecular weight excluding hydrogens is 396 g/mol. The molecule has 0 unspecified atom stereocenters. The standard InChI is InChI=1S/C20H15ClN4O2S/c21-14-2-1-13-9-20(25-17(13)10-14)28-12-18(26)24-15-3-5-16(6-4-15)27-19-11-22-7-8-23-19/h1-8,10-11H,9,12H2,(H,24,26). The molecule has 1 amide bonds. The fourth-order valence-corrected chi connectivity index (χ4v) is 3.58. The molecule has 6 nitrogen and oxygen atoms in total. The lowest BCUT2D eigenvalue weighted by Gasteiger charge is -2.07. The van der Waals surface area contributed by atoms with Crippen LogP contribution in [-0.2, 0) is 11.2 Å². The smallest absolute Gasteiger partial charge is 0.237 e. The van der Waals surface area contributed by atoms with Gasteiger partial charge in [0, 0.05) is 29.5 Å². The molecule has 1 aromatic heterocycles. The first-order valence-electron chi connectivity index (χ1n) is 8.48. The van der Waals surface area contributed by atoms with Crippen LogP contribution in [0.5, 0.6) is 11.6 Å². The molecule has 3 aromatic rings. The van der Waals surface area contributed by atoms with E-state index in [0.29, 0.717) is 28.1 Å². The van der Waals surface area contributed by atoms with Crippen LogP contribution in [0.25, 0.3) is 0 Å². The van der Waals surface area contributed by atoms with Gasteiger partial charge in [0.25, 0.3) is 0 Å². The van der Waals surface area contributed by atoms with E-state index < -0.39 is 0 Å². The second kappa shape index (κ2) is 8.41. The number of rotatable bonds is 5. The van der Waals surface area contributed by atoms with Gasteiger partial charge in [-0.15, -0.1) is 11.8 Å². The zero-order valence-electron chi connectivity index (χ0n) is 14.6. The number of hydrogen-bond acceptors (Lipinski definition) is 6. The van der Waals surface area contributed by atoms with E-state index >= 15 is 0 Å². The van der Waals surface area contributed by atoms with E-state index in [9.17, 15) is 4.79 Å². The van der Waals surface area contributed by atoms with E-state index in [0.717, 1.165) is 22.7 Å². The van der Waals surface area contributed by atoms with Gasteiger partial charge in [0.2, 0.25) is 11.8 Å². The summed E-state index contributed by atoms with van der Waals surface area (Å²) in [7, 11) is 0. The van der Waals surface area contributed by atoms with Crippen molar-refractivity contribution in [2.45, 2.75) is 6.42 Å². The summed E-state index contributed by atoms with van der Waals surface area (Å²) < 4.78 is 5.58. The first-order chi connectivity index (χ1) is 13.7. The van der Waals surface area contributed by atoms with Crippen LogP contribution in [-0.4, -0.2) is 26.7 Å². The third-order valence-corrected chi connectivity index (χ3v) is 5.11. The van der Waals surface area contributed by atoms with Crippen LogP contribution in [0, 0.1) is 0 Å². The van der Waals surface area contributed by atoms with Crippen molar-refractivity contribution in [3.05, 3.63) is 71.6 Å². The van der Waals surface area contributed by atoms with Gasteiger partial charge in [-0.2, -0.15) is 0 Å². The van der Waals surface area contributed by atoms with Crippen LogP contribution >= 0.6 is 23.4 Å². The van der Waals surface area contributed by atoms with Crippen LogP contribution in [0.2, 0.25) is 5.02 Å². The molecule has 1 aliphatic rings. The number of anilines is 1. The molecule has 0 radical (unpaired) electrons. The van der Waals surface area contributed by atoms with E-state index in [2.05, 4.69) is 20.3 Å². The Kier molecular flexibility index (Phi) is 5.55. The summed E-state index contributed by atoms with van der Waals surface area (Å²) in [6, 6.07) is 12.7. The van der Waals surface area contributed by atoms with Gasteiger partial charge in [0.1, 0.15) is 5.75 Å². The molecular formula is C20H15ClN4O2S. The number of nitrogens with zero attached hydrogens (tertiary/aromatic N) is 3. The Morgan fingerprint density at radius 1 is 1.18 bits per heavy atom. The topological polar surface area (TPSA) is 76.5 Å². The van der Waals surface area contributed by atoms with Gasteiger partial charge in [-0.25, -0.2) is 9.98 Å². The molecule has 0 bridgehead atoms. The van der Waals surface area contributed by atoms with Gasteiger partial charge in [0.05, 0.1) is 22.7 Å². The first-order valence-corrected chi connectivity index (χ1v) is 9.85. The number of fused-ring (bicyclic) bond motifs is 1. The highest BCUT2D eigenvalue weighted by Gasteiger charge is 2.16. The number of amides is 1. The average molecular weight is 411 g/mol. The predicted molar refractivity (Wildman–Crippen MR) is 112 cm³/mol. The fraction of sp³-hybridized carbons (Fsp3) is 0.100. The monoisotopic (exact) mass is 410 g/mol. The minimum Gasteiger partial charge on any atom is -0.438 e. The number of carbonyl (C=O) groups is 1. The summed E-state index contributed by atoms with van der Waals surface area (Å²) in [5, 5.41) is 4.45. The number of halogens is 1.